The van der Waals surface area contributed by atoms with E-state index >= 15 is 0 Å². The summed E-state index contributed by atoms with van der Waals surface area (Å²) in [6.07, 6.45) is 0. The van der Waals surface area contributed by atoms with Crippen LogP contribution in [0.2, 0.25) is 0 Å². The largest absolute Gasteiger partial charge is 0.478 e. The zero-order valence-corrected chi connectivity index (χ0v) is 11.8. The minimum Gasteiger partial charge on any atom is -0.478 e. The first-order valence-corrected chi connectivity index (χ1v) is 6.13. The van der Waals surface area contributed by atoms with Gasteiger partial charge in [-0.05, 0) is 39.2 Å². The SMILES string of the molecule is CC(CN(C)C)Nc1cc(Br)cc(C(=O)O)c1. The second-order valence-electron chi connectivity index (χ2n) is 4.34. The molecule has 0 saturated carbocycles. The van der Waals surface area contributed by atoms with E-state index in [4.69, 9.17) is 5.11 Å². The molecular formula is C12H17BrN2O2. The van der Waals surface area contributed by atoms with Crippen LogP contribution in [0.15, 0.2) is 22.7 Å². The Morgan fingerprint density at radius 1 is 1.47 bits per heavy atom. The molecule has 0 fully saturated rings. The molecule has 0 aromatic heterocycles. The summed E-state index contributed by atoms with van der Waals surface area (Å²) in [6, 6.07) is 5.35. The predicted molar refractivity (Wildman–Crippen MR) is 72.7 cm³/mol. The fraction of sp³-hybridized carbons (Fsp3) is 0.417. The average molecular weight is 301 g/mol. The molecule has 1 aromatic carbocycles. The highest BCUT2D eigenvalue weighted by atomic mass is 79.9. The Morgan fingerprint density at radius 2 is 2.12 bits per heavy atom. The molecule has 1 rings (SSSR count). The molecule has 17 heavy (non-hydrogen) atoms. The van der Waals surface area contributed by atoms with Crippen LogP contribution >= 0.6 is 15.9 Å². The van der Waals surface area contributed by atoms with Gasteiger partial charge in [0.25, 0.3) is 0 Å². The summed E-state index contributed by atoms with van der Waals surface area (Å²) in [5.74, 6) is -0.922. The van der Waals surface area contributed by atoms with Crippen molar-refractivity contribution in [3.05, 3.63) is 28.2 Å². The van der Waals surface area contributed by atoms with E-state index in [2.05, 4.69) is 33.1 Å². The zero-order chi connectivity index (χ0) is 13.0. The second kappa shape index (κ2) is 6.02. The number of carboxylic acids is 1. The lowest BCUT2D eigenvalue weighted by atomic mass is 10.2. The van der Waals surface area contributed by atoms with Crippen LogP contribution in [0.4, 0.5) is 5.69 Å². The molecule has 0 bridgehead atoms. The van der Waals surface area contributed by atoms with Crippen LogP contribution in [0.5, 0.6) is 0 Å². The number of halogens is 1. The molecule has 0 radical (unpaired) electrons. The van der Waals surface area contributed by atoms with Crippen LogP contribution in [-0.2, 0) is 0 Å². The van der Waals surface area contributed by atoms with Crippen LogP contribution in [0, 0.1) is 0 Å². The van der Waals surface area contributed by atoms with Gasteiger partial charge in [-0.25, -0.2) is 4.79 Å². The van der Waals surface area contributed by atoms with Crippen LogP contribution in [0.25, 0.3) is 0 Å². The number of benzene rings is 1. The fourth-order valence-electron chi connectivity index (χ4n) is 1.67. The summed E-state index contributed by atoms with van der Waals surface area (Å²) < 4.78 is 0.761. The topological polar surface area (TPSA) is 52.6 Å². The quantitative estimate of drug-likeness (QED) is 0.877. The molecule has 1 unspecified atom stereocenters. The Hall–Kier alpha value is -1.07. The second-order valence-corrected chi connectivity index (χ2v) is 5.26. The lowest BCUT2D eigenvalue weighted by Gasteiger charge is -2.19. The van der Waals surface area contributed by atoms with Gasteiger partial charge in [-0.1, -0.05) is 15.9 Å². The van der Waals surface area contributed by atoms with Crippen molar-refractivity contribution < 1.29 is 9.90 Å². The number of hydrogen-bond acceptors (Lipinski definition) is 3. The van der Waals surface area contributed by atoms with Crippen LogP contribution in [0.3, 0.4) is 0 Å². The molecule has 0 aliphatic rings. The highest BCUT2D eigenvalue weighted by Crippen LogP contribution is 2.20. The van der Waals surface area contributed by atoms with Gasteiger partial charge < -0.3 is 15.3 Å². The van der Waals surface area contributed by atoms with E-state index in [1.807, 2.05) is 20.2 Å². The molecule has 1 atom stereocenters. The number of carboxylic acid groups (broad SMARTS) is 1. The van der Waals surface area contributed by atoms with Gasteiger partial charge in [0, 0.05) is 22.7 Å². The monoisotopic (exact) mass is 300 g/mol. The minimum atomic E-state index is -0.922. The van der Waals surface area contributed by atoms with Gasteiger partial charge in [-0.3, -0.25) is 0 Å². The van der Waals surface area contributed by atoms with Crippen molar-refractivity contribution in [1.29, 1.82) is 0 Å². The van der Waals surface area contributed by atoms with E-state index in [0.29, 0.717) is 0 Å². The maximum absolute atomic E-state index is 10.9. The van der Waals surface area contributed by atoms with Gasteiger partial charge in [0.05, 0.1) is 5.56 Å². The van der Waals surface area contributed by atoms with Gasteiger partial charge in [-0.2, -0.15) is 0 Å². The Balaban J connectivity index is 2.80. The number of carbonyl (C=O) groups is 1. The summed E-state index contributed by atoms with van der Waals surface area (Å²) in [4.78, 5) is 13.0. The number of hydrogen-bond donors (Lipinski definition) is 2. The molecule has 0 spiro atoms. The summed E-state index contributed by atoms with van der Waals surface area (Å²) in [5, 5.41) is 12.2. The third kappa shape index (κ3) is 4.75. The Labute approximate surface area is 110 Å². The number of nitrogens with one attached hydrogen (secondary N) is 1. The number of aromatic carboxylic acids is 1. The third-order valence-electron chi connectivity index (χ3n) is 2.20. The van der Waals surface area contributed by atoms with Crippen molar-refractivity contribution in [2.24, 2.45) is 0 Å². The first kappa shape index (κ1) is 14.0. The molecule has 2 N–H and O–H groups in total. The summed E-state index contributed by atoms with van der Waals surface area (Å²) in [5.41, 5.74) is 1.09. The number of anilines is 1. The van der Waals surface area contributed by atoms with E-state index < -0.39 is 5.97 Å². The van der Waals surface area contributed by atoms with E-state index in [1.165, 1.54) is 0 Å². The van der Waals surface area contributed by atoms with Crippen molar-refractivity contribution in [3.63, 3.8) is 0 Å². The van der Waals surface area contributed by atoms with Crippen LogP contribution in [-0.4, -0.2) is 42.7 Å². The van der Waals surface area contributed by atoms with E-state index in [0.717, 1.165) is 16.7 Å². The average Bonchev–Trinajstić information content (AvgIpc) is 2.14. The molecule has 0 amide bonds. The number of likely N-dealkylation sites (N-methyl/N-ethyl adjacent to an activating group) is 1. The van der Waals surface area contributed by atoms with E-state index in [-0.39, 0.29) is 11.6 Å². The van der Waals surface area contributed by atoms with Crippen molar-refractivity contribution in [3.8, 4) is 0 Å². The smallest absolute Gasteiger partial charge is 0.335 e. The fourth-order valence-corrected chi connectivity index (χ4v) is 2.17. The zero-order valence-electron chi connectivity index (χ0n) is 10.2. The highest BCUT2D eigenvalue weighted by Gasteiger charge is 2.08. The Morgan fingerprint density at radius 3 is 2.65 bits per heavy atom. The number of rotatable bonds is 5. The van der Waals surface area contributed by atoms with Crippen molar-refractivity contribution in [2.75, 3.05) is 26.0 Å². The lowest BCUT2D eigenvalue weighted by molar-refractivity contribution is 0.0697. The minimum absolute atomic E-state index is 0.251. The molecule has 94 valence electrons. The molecule has 5 heteroatoms. The molecular weight excluding hydrogens is 284 g/mol. The first-order valence-electron chi connectivity index (χ1n) is 5.33. The van der Waals surface area contributed by atoms with Crippen molar-refractivity contribution in [2.45, 2.75) is 13.0 Å². The van der Waals surface area contributed by atoms with Gasteiger partial charge in [-0.15, -0.1) is 0 Å². The maximum atomic E-state index is 10.9. The number of nitrogens with zero attached hydrogens (tertiary/aromatic N) is 1. The summed E-state index contributed by atoms with van der Waals surface area (Å²) in [6.45, 7) is 2.94. The Bertz CT molecular complexity index is 407. The molecule has 0 heterocycles. The molecule has 0 aliphatic heterocycles. The molecule has 0 aliphatic carbocycles. The van der Waals surface area contributed by atoms with Gasteiger partial charge in [0.15, 0.2) is 0 Å². The maximum Gasteiger partial charge on any atom is 0.335 e. The molecule has 4 nitrogen and oxygen atoms in total. The van der Waals surface area contributed by atoms with E-state index in [1.54, 1.807) is 12.1 Å². The lowest BCUT2D eigenvalue weighted by Crippen LogP contribution is -2.29. The van der Waals surface area contributed by atoms with Crippen molar-refractivity contribution >= 4 is 27.6 Å². The highest BCUT2D eigenvalue weighted by molar-refractivity contribution is 9.10. The van der Waals surface area contributed by atoms with Gasteiger partial charge in [0.1, 0.15) is 0 Å². The summed E-state index contributed by atoms with van der Waals surface area (Å²) >= 11 is 3.31. The van der Waals surface area contributed by atoms with Gasteiger partial charge in [0.2, 0.25) is 0 Å². The predicted octanol–water partition coefficient (Wildman–Crippen LogP) is 2.51. The molecule has 0 saturated heterocycles. The third-order valence-corrected chi connectivity index (χ3v) is 2.65. The summed E-state index contributed by atoms with van der Waals surface area (Å²) in [7, 11) is 4.00. The van der Waals surface area contributed by atoms with Crippen LogP contribution in [0.1, 0.15) is 17.3 Å². The van der Waals surface area contributed by atoms with Crippen LogP contribution < -0.4 is 5.32 Å². The van der Waals surface area contributed by atoms with E-state index in [9.17, 15) is 4.79 Å². The standard InChI is InChI=1S/C12H17BrN2O2/c1-8(7-15(2)3)14-11-5-9(12(16)17)4-10(13)6-11/h4-6,8,14H,7H2,1-3H3,(H,16,17). The molecule has 1 aromatic rings. The normalized spacial score (nSPS) is 12.5. The first-order chi connectivity index (χ1) is 7.88. The van der Waals surface area contributed by atoms with Gasteiger partial charge >= 0.3 is 5.97 Å². The Kier molecular flexibility index (Phi) is 4.96. The van der Waals surface area contributed by atoms with Crippen molar-refractivity contribution in [1.82, 2.24) is 4.90 Å².